The fourth-order valence-electron chi connectivity index (χ4n) is 3.25. The number of rotatable bonds is 7. The summed E-state index contributed by atoms with van der Waals surface area (Å²) in [5.41, 5.74) is 0.850. The van der Waals surface area contributed by atoms with Crippen LogP contribution in [0.5, 0.6) is 11.5 Å². The van der Waals surface area contributed by atoms with E-state index >= 15 is 0 Å². The Morgan fingerprint density at radius 2 is 1.91 bits per heavy atom. The maximum Gasteiger partial charge on any atom is 0.347 e. The molecule has 2 N–H and O–H groups in total. The van der Waals surface area contributed by atoms with Crippen molar-refractivity contribution >= 4 is 51.9 Å². The van der Waals surface area contributed by atoms with Crippen molar-refractivity contribution in [3.05, 3.63) is 58.1 Å². The molecule has 1 heterocycles. The molecule has 2 aromatic rings. The summed E-state index contributed by atoms with van der Waals surface area (Å²) in [4.78, 5) is 23.0. The quantitative estimate of drug-likeness (QED) is 0.186. The van der Waals surface area contributed by atoms with Crippen LogP contribution in [0.4, 0.5) is 16.2 Å². The lowest BCUT2D eigenvalue weighted by molar-refractivity contribution is -0.384. The molecule has 0 spiro atoms. The number of hydrogen-bond donors (Lipinski definition) is 2. The van der Waals surface area contributed by atoms with E-state index in [-0.39, 0.29) is 11.4 Å². The molecule has 0 saturated carbocycles. The molecule has 1 unspecified atom stereocenters. The molecule has 1 aliphatic heterocycles. The molecule has 3 rings (SSSR count). The molecule has 0 aromatic heterocycles. The van der Waals surface area contributed by atoms with Crippen molar-refractivity contribution in [2.75, 3.05) is 19.5 Å². The third-order valence-electron chi connectivity index (χ3n) is 4.90. The van der Waals surface area contributed by atoms with Crippen LogP contribution in [0.2, 0.25) is 0 Å². The second kappa shape index (κ2) is 10.2. The molecule has 180 valence electrons. The number of hydrazone groups is 1. The molecule has 0 bridgehead atoms. The lowest BCUT2D eigenvalue weighted by Crippen LogP contribution is -2.54. The highest BCUT2D eigenvalue weighted by molar-refractivity contribution is 8.24. The summed E-state index contributed by atoms with van der Waals surface area (Å²) in [5, 5.41) is 30.4. The summed E-state index contributed by atoms with van der Waals surface area (Å²) < 4.78 is 10.2. The number of nitro benzene ring substituents is 1. The summed E-state index contributed by atoms with van der Waals surface area (Å²) >= 11 is 6.73. The van der Waals surface area contributed by atoms with Gasteiger partial charge in [0.25, 0.3) is 5.69 Å². The number of anilines is 1. The van der Waals surface area contributed by atoms with Gasteiger partial charge in [0.2, 0.25) is 0 Å². The number of nitrogens with one attached hydrogen (secondary N) is 1. The zero-order chi connectivity index (χ0) is 25.0. The Balaban J connectivity index is 1.81. The first-order valence-electron chi connectivity index (χ1n) is 9.89. The largest absolute Gasteiger partial charge is 0.493 e. The minimum absolute atomic E-state index is 0.117. The van der Waals surface area contributed by atoms with E-state index in [9.17, 15) is 20.1 Å². The van der Waals surface area contributed by atoms with Gasteiger partial charge in [-0.15, -0.1) is 0 Å². The molecule has 1 fully saturated rings. The standard InChI is InChI=1S/C21H23N5O6S2/c1-21(2)18(25(28)19(27)23-14-6-8-15(9-7-14)26(29)30)24(20(33)34-21)22-12-13-5-10-16(31-3)17(11-13)32-4/h5-12,18,28H,1-4H3,(H,23,27). The Hall–Kier alpha value is -3.42. The average Bonchev–Trinajstić information content (AvgIpc) is 3.04. The van der Waals surface area contributed by atoms with Crippen molar-refractivity contribution in [2.24, 2.45) is 5.10 Å². The summed E-state index contributed by atoms with van der Waals surface area (Å²) in [6.07, 6.45) is 0.602. The second-order valence-electron chi connectivity index (χ2n) is 7.63. The number of hydroxylamine groups is 2. The number of methoxy groups -OCH3 is 2. The topological polar surface area (TPSA) is 130 Å². The van der Waals surface area contributed by atoms with Gasteiger partial charge in [-0.3, -0.25) is 15.3 Å². The smallest absolute Gasteiger partial charge is 0.347 e. The van der Waals surface area contributed by atoms with Crippen molar-refractivity contribution in [3.63, 3.8) is 0 Å². The van der Waals surface area contributed by atoms with Gasteiger partial charge >= 0.3 is 6.03 Å². The summed E-state index contributed by atoms with van der Waals surface area (Å²) in [6.45, 7) is 3.64. The zero-order valence-electron chi connectivity index (χ0n) is 18.8. The van der Waals surface area contributed by atoms with Gasteiger partial charge in [-0.2, -0.15) is 10.2 Å². The summed E-state index contributed by atoms with van der Waals surface area (Å²) in [5.74, 6) is 1.09. The lowest BCUT2D eigenvalue weighted by Gasteiger charge is -2.34. The molecular formula is C21H23N5O6S2. The van der Waals surface area contributed by atoms with Crippen molar-refractivity contribution < 1.29 is 24.4 Å². The maximum atomic E-state index is 12.8. The van der Waals surface area contributed by atoms with E-state index in [0.717, 1.165) is 0 Å². The van der Waals surface area contributed by atoms with Crippen LogP contribution in [-0.2, 0) is 0 Å². The van der Waals surface area contributed by atoms with Crippen molar-refractivity contribution in [3.8, 4) is 11.5 Å². The lowest BCUT2D eigenvalue weighted by atomic mass is 10.1. The molecule has 0 aliphatic carbocycles. The van der Waals surface area contributed by atoms with E-state index in [1.54, 1.807) is 18.2 Å². The number of non-ortho nitro benzene ring substituents is 1. The fraction of sp³-hybridized carbons (Fsp3) is 0.286. The molecule has 1 aliphatic rings. The number of nitro groups is 1. The number of thiocarbonyl (C=S) groups is 1. The first-order chi connectivity index (χ1) is 16.1. The van der Waals surface area contributed by atoms with Crippen LogP contribution in [-0.4, -0.2) is 61.9 Å². The molecule has 13 heteroatoms. The predicted octanol–water partition coefficient (Wildman–Crippen LogP) is 4.31. The molecule has 0 radical (unpaired) electrons. The Morgan fingerprint density at radius 1 is 1.26 bits per heavy atom. The Labute approximate surface area is 205 Å². The van der Waals surface area contributed by atoms with Crippen molar-refractivity contribution in [1.29, 1.82) is 0 Å². The minimum Gasteiger partial charge on any atom is -0.493 e. The third kappa shape index (κ3) is 5.38. The molecule has 2 aromatic carbocycles. The van der Waals surface area contributed by atoms with Crippen LogP contribution in [0.1, 0.15) is 19.4 Å². The van der Waals surface area contributed by atoms with Gasteiger partial charge < -0.3 is 14.8 Å². The van der Waals surface area contributed by atoms with Gasteiger partial charge in [-0.05, 0) is 49.7 Å². The molecule has 1 saturated heterocycles. The van der Waals surface area contributed by atoms with E-state index in [2.05, 4.69) is 10.4 Å². The van der Waals surface area contributed by atoms with Gasteiger partial charge in [-0.25, -0.2) is 9.80 Å². The molecule has 1 atom stereocenters. The van der Waals surface area contributed by atoms with Crippen molar-refractivity contribution in [2.45, 2.75) is 24.8 Å². The van der Waals surface area contributed by atoms with Crippen molar-refractivity contribution in [1.82, 2.24) is 10.1 Å². The van der Waals surface area contributed by atoms with Crippen LogP contribution < -0.4 is 14.8 Å². The zero-order valence-corrected chi connectivity index (χ0v) is 20.4. The molecule has 11 nitrogen and oxygen atoms in total. The molecular weight excluding hydrogens is 482 g/mol. The Kier molecular flexibility index (Phi) is 7.59. The molecule has 34 heavy (non-hydrogen) atoms. The number of carbonyl (C=O) groups is 1. The number of benzene rings is 2. The summed E-state index contributed by atoms with van der Waals surface area (Å²) in [6, 6.07) is 9.63. The SMILES string of the molecule is COc1ccc(C=NN2C(=S)SC(C)(C)C2N(O)C(=O)Nc2ccc([N+](=O)[O-])cc2)cc1OC. The number of nitrogens with zero attached hydrogens (tertiary/aromatic N) is 4. The van der Waals surface area contributed by atoms with Gasteiger partial charge in [0.15, 0.2) is 22.0 Å². The number of hydrogen-bond acceptors (Lipinski definition) is 9. The summed E-state index contributed by atoms with van der Waals surface area (Å²) in [7, 11) is 3.06. The molecule has 2 amide bonds. The van der Waals surface area contributed by atoms with Gasteiger partial charge in [0.05, 0.1) is 30.1 Å². The number of ether oxygens (including phenoxy) is 2. The van der Waals surface area contributed by atoms with E-state index < -0.39 is 21.9 Å². The normalized spacial score (nSPS) is 17.0. The predicted molar refractivity (Wildman–Crippen MR) is 133 cm³/mol. The van der Waals surface area contributed by atoms with Gasteiger partial charge in [0, 0.05) is 17.8 Å². The van der Waals surface area contributed by atoms with Crippen LogP contribution in [0.25, 0.3) is 0 Å². The van der Waals surface area contributed by atoms with E-state index in [1.807, 2.05) is 13.8 Å². The minimum atomic E-state index is -0.931. The van der Waals surface area contributed by atoms with Gasteiger partial charge in [0.1, 0.15) is 0 Å². The second-order valence-corrected chi connectivity index (χ2v) is 9.92. The number of amides is 2. The van der Waals surface area contributed by atoms with E-state index in [1.165, 1.54) is 61.5 Å². The number of thioether (sulfide) groups is 1. The maximum absolute atomic E-state index is 12.8. The first kappa shape index (κ1) is 25.2. The van der Waals surface area contributed by atoms with E-state index in [0.29, 0.717) is 26.4 Å². The number of urea groups is 1. The van der Waals surface area contributed by atoms with Gasteiger partial charge in [-0.1, -0.05) is 24.0 Å². The third-order valence-corrected chi connectivity index (χ3v) is 6.43. The Bertz CT molecular complexity index is 1130. The van der Waals surface area contributed by atoms with Crippen LogP contribution in [0.3, 0.4) is 0 Å². The Morgan fingerprint density at radius 3 is 2.50 bits per heavy atom. The fourth-order valence-corrected chi connectivity index (χ4v) is 5.03. The monoisotopic (exact) mass is 505 g/mol. The highest BCUT2D eigenvalue weighted by Crippen LogP contribution is 2.42. The highest BCUT2D eigenvalue weighted by Gasteiger charge is 2.50. The van der Waals surface area contributed by atoms with Crippen LogP contribution in [0, 0.1) is 10.1 Å². The number of carbonyl (C=O) groups excluding carboxylic acids is 1. The van der Waals surface area contributed by atoms with E-state index in [4.69, 9.17) is 21.7 Å². The first-order valence-corrected chi connectivity index (χ1v) is 11.1. The van der Waals surface area contributed by atoms with Crippen LogP contribution in [0.15, 0.2) is 47.6 Å². The average molecular weight is 506 g/mol. The highest BCUT2D eigenvalue weighted by atomic mass is 32.2. The van der Waals surface area contributed by atoms with Crippen LogP contribution >= 0.6 is 24.0 Å².